The van der Waals surface area contributed by atoms with Crippen molar-refractivity contribution in [3.63, 3.8) is 0 Å². The first-order valence-corrected chi connectivity index (χ1v) is 7.01. The van der Waals surface area contributed by atoms with Gasteiger partial charge in [0.15, 0.2) is 17.2 Å². The third-order valence-electron chi connectivity index (χ3n) is 3.45. The average Bonchev–Trinajstić information content (AvgIpc) is 2.71. The van der Waals surface area contributed by atoms with E-state index in [-0.39, 0.29) is 22.7 Å². The monoisotopic (exact) mass is 314 g/mol. The van der Waals surface area contributed by atoms with Crippen molar-refractivity contribution in [3.8, 4) is 5.69 Å². The van der Waals surface area contributed by atoms with E-state index in [2.05, 4.69) is 10.2 Å². The molecule has 23 heavy (non-hydrogen) atoms. The fourth-order valence-corrected chi connectivity index (χ4v) is 2.17. The smallest absolute Gasteiger partial charge is 0.299 e. The number of azo groups is 1. The number of aliphatic hydroxyl groups is 1. The summed E-state index contributed by atoms with van der Waals surface area (Å²) in [5.74, 6) is -0.663. The van der Waals surface area contributed by atoms with Gasteiger partial charge < -0.3 is 5.11 Å². The van der Waals surface area contributed by atoms with Gasteiger partial charge in [-0.3, -0.25) is 14.3 Å². The van der Waals surface area contributed by atoms with Crippen molar-refractivity contribution >= 4 is 11.5 Å². The van der Waals surface area contributed by atoms with Crippen LogP contribution in [0.15, 0.2) is 56.8 Å². The highest BCUT2D eigenvalue weighted by atomic mass is 16.3. The molecule has 0 fully saturated rings. The SMILES string of the molecule is CC(=O)/C(N=Nc1c(C)n(C)n(-c2ccccc2)c1=O)=C(/C)O. The van der Waals surface area contributed by atoms with Gasteiger partial charge in [-0.1, -0.05) is 18.2 Å². The molecule has 0 aliphatic rings. The molecule has 0 saturated carbocycles. The van der Waals surface area contributed by atoms with Crippen LogP contribution in [0, 0.1) is 6.92 Å². The third kappa shape index (κ3) is 3.13. The van der Waals surface area contributed by atoms with E-state index >= 15 is 0 Å². The maximum Gasteiger partial charge on any atom is 0.299 e. The molecule has 7 nitrogen and oxygen atoms in total. The number of para-hydroxylation sites is 1. The lowest BCUT2D eigenvalue weighted by Crippen LogP contribution is -2.19. The highest BCUT2D eigenvalue weighted by molar-refractivity contribution is 5.93. The van der Waals surface area contributed by atoms with Gasteiger partial charge in [0.05, 0.1) is 11.4 Å². The summed E-state index contributed by atoms with van der Waals surface area (Å²) in [7, 11) is 1.74. The van der Waals surface area contributed by atoms with Crippen LogP contribution in [-0.4, -0.2) is 20.3 Å². The summed E-state index contributed by atoms with van der Waals surface area (Å²) in [5.41, 5.74) is 0.903. The minimum absolute atomic E-state index is 0.122. The summed E-state index contributed by atoms with van der Waals surface area (Å²) in [5, 5.41) is 17.1. The van der Waals surface area contributed by atoms with Crippen molar-refractivity contribution in [2.45, 2.75) is 20.8 Å². The Morgan fingerprint density at radius 3 is 2.30 bits per heavy atom. The summed E-state index contributed by atoms with van der Waals surface area (Å²) < 4.78 is 3.13. The zero-order chi connectivity index (χ0) is 17.1. The van der Waals surface area contributed by atoms with Gasteiger partial charge in [0.1, 0.15) is 5.76 Å². The molecule has 1 aromatic heterocycles. The lowest BCUT2D eigenvalue weighted by atomic mass is 10.3. The Labute approximate surface area is 133 Å². The van der Waals surface area contributed by atoms with Gasteiger partial charge >= 0.3 is 0 Å². The van der Waals surface area contributed by atoms with Crippen LogP contribution >= 0.6 is 0 Å². The van der Waals surface area contributed by atoms with Crippen LogP contribution < -0.4 is 5.56 Å². The molecule has 0 bridgehead atoms. The molecule has 120 valence electrons. The molecule has 7 heteroatoms. The van der Waals surface area contributed by atoms with Crippen molar-refractivity contribution in [2.24, 2.45) is 17.3 Å². The number of carbonyl (C=O) groups excluding carboxylic acids is 1. The Kier molecular flexibility index (Phi) is 4.59. The van der Waals surface area contributed by atoms with Crippen molar-refractivity contribution < 1.29 is 9.90 Å². The molecule has 1 aromatic carbocycles. The third-order valence-corrected chi connectivity index (χ3v) is 3.45. The lowest BCUT2D eigenvalue weighted by molar-refractivity contribution is -0.113. The Bertz CT molecular complexity index is 853. The molecule has 0 spiro atoms. The standard InChI is InChI=1S/C16H18N4O3/c1-10-14(17-18-15(11(2)21)12(3)22)16(23)20(19(10)4)13-8-6-5-7-9-13/h5-9,21H,1-4H3/b15-11+,18-17?. The maximum absolute atomic E-state index is 12.6. The second-order valence-corrected chi connectivity index (χ2v) is 5.10. The van der Waals surface area contributed by atoms with Crippen molar-refractivity contribution in [2.75, 3.05) is 0 Å². The summed E-state index contributed by atoms with van der Waals surface area (Å²) in [6.45, 7) is 4.35. The average molecular weight is 314 g/mol. The first kappa shape index (κ1) is 16.4. The summed E-state index contributed by atoms with van der Waals surface area (Å²) in [6, 6.07) is 9.13. The maximum atomic E-state index is 12.6. The molecular weight excluding hydrogens is 296 g/mol. The van der Waals surface area contributed by atoms with Crippen LogP contribution in [0.5, 0.6) is 0 Å². The number of benzene rings is 1. The molecule has 2 aromatic rings. The predicted octanol–water partition coefficient (Wildman–Crippen LogP) is 2.95. The van der Waals surface area contributed by atoms with E-state index in [1.165, 1.54) is 18.5 Å². The highest BCUT2D eigenvalue weighted by Crippen LogP contribution is 2.18. The largest absolute Gasteiger partial charge is 0.510 e. The van der Waals surface area contributed by atoms with Gasteiger partial charge in [0.25, 0.3) is 5.56 Å². The van der Waals surface area contributed by atoms with E-state index in [9.17, 15) is 14.7 Å². The second kappa shape index (κ2) is 6.43. The highest BCUT2D eigenvalue weighted by Gasteiger charge is 2.16. The van der Waals surface area contributed by atoms with E-state index in [1.807, 2.05) is 18.2 Å². The molecule has 0 amide bonds. The molecule has 0 atom stereocenters. The topological polar surface area (TPSA) is 89.0 Å². The number of ketones is 1. The van der Waals surface area contributed by atoms with Gasteiger partial charge in [-0.25, -0.2) is 4.68 Å². The van der Waals surface area contributed by atoms with Crippen LogP contribution in [0.2, 0.25) is 0 Å². The van der Waals surface area contributed by atoms with Crippen LogP contribution in [0.4, 0.5) is 5.69 Å². The van der Waals surface area contributed by atoms with E-state index in [0.29, 0.717) is 11.4 Å². The Morgan fingerprint density at radius 1 is 1.17 bits per heavy atom. The summed E-state index contributed by atoms with van der Waals surface area (Å²) >= 11 is 0. The first-order valence-electron chi connectivity index (χ1n) is 7.01. The molecule has 0 saturated heterocycles. The second-order valence-electron chi connectivity index (χ2n) is 5.10. The number of aromatic nitrogens is 2. The number of carbonyl (C=O) groups is 1. The fourth-order valence-electron chi connectivity index (χ4n) is 2.17. The normalized spacial score (nSPS) is 12.5. The molecule has 0 aliphatic heterocycles. The van der Waals surface area contributed by atoms with E-state index < -0.39 is 5.78 Å². The Hall–Kier alpha value is -2.96. The lowest BCUT2D eigenvalue weighted by Gasteiger charge is -2.07. The van der Waals surface area contributed by atoms with Crippen LogP contribution in [-0.2, 0) is 11.8 Å². The molecule has 0 unspecified atom stereocenters. The Balaban J connectivity index is 2.57. The van der Waals surface area contributed by atoms with Gasteiger partial charge in [-0.05, 0) is 26.0 Å². The minimum atomic E-state index is -0.425. The number of hydrogen-bond donors (Lipinski definition) is 1. The number of nitrogens with zero attached hydrogens (tertiary/aromatic N) is 4. The Morgan fingerprint density at radius 2 is 1.78 bits per heavy atom. The van der Waals surface area contributed by atoms with Gasteiger partial charge in [0.2, 0.25) is 0 Å². The van der Waals surface area contributed by atoms with Crippen LogP contribution in [0.1, 0.15) is 19.5 Å². The van der Waals surface area contributed by atoms with Gasteiger partial charge in [-0.15, -0.1) is 10.2 Å². The molecule has 1 heterocycles. The molecule has 1 N–H and O–H groups in total. The van der Waals surface area contributed by atoms with E-state index in [0.717, 1.165) is 0 Å². The van der Waals surface area contributed by atoms with Gasteiger partial charge in [0, 0.05) is 14.0 Å². The first-order chi connectivity index (χ1) is 10.8. The number of hydrogen-bond acceptors (Lipinski definition) is 5. The van der Waals surface area contributed by atoms with Gasteiger partial charge in [-0.2, -0.15) is 0 Å². The molecule has 0 aliphatic carbocycles. The molecule has 0 radical (unpaired) electrons. The molecule has 2 rings (SSSR count). The number of aliphatic hydroxyl groups excluding tert-OH is 1. The quantitative estimate of drug-likeness (QED) is 0.534. The van der Waals surface area contributed by atoms with Crippen molar-refractivity contribution in [1.82, 2.24) is 9.36 Å². The van der Waals surface area contributed by atoms with Crippen LogP contribution in [0.25, 0.3) is 5.69 Å². The number of allylic oxidation sites excluding steroid dienone is 2. The minimum Gasteiger partial charge on any atom is -0.510 e. The van der Waals surface area contributed by atoms with Crippen molar-refractivity contribution in [3.05, 3.63) is 57.8 Å². The van der Waals surface area contributed by atoms with Crippen molar-refractivity contribution in [1.29, 1.82) is 0 Å². The van der Waals surface area contributed by atoms with E-state index in [1.54, 1.807) is 30.8 Å². The van der Waals surface area contributed by atoms with Crippen LogP contribution in [0.3, 0.4) is 0 Å². The fraction of sp³-hybridized carbons (Fsp3) is 0.250. The summed E-state index contributed by atoms with van der Waals surface area (Å²) in [6.07, 6.45) is 0. The zero-order valence-electron chi connectivity index (χ0n) is 13.4. The molecular formula is C16H18N4O3. The zero-order valence-corrected chi connectivity index (χ0v) is 13.4. The van der Waals surface area contributed by atoms with E-state index in [4.69, 9.17) is 0 Å². The predicted molar refractivity (Wildman–Crippen MR) is 86.3 cm³/mol. The number of rotatable bonds is 4. The number of Topliss-reactive ketones (excluding diaryl/α,β-unsaturated/α-hetero) is 1. The summed E-state index contributed by atoms with van der Waals surface area (Å²) in [4.78, 5) is 24.0.